The molecule has 2 N–H and O–H groups in total. The second-order valence-electron chi connectivity index (χ2n) is 6.13. The largest absolute Gasteiger partial charge is 0.369 e. The monoisotopic (exact) mass is 264 g/mol. The molecule has 1 aromatic carbocycles. The van der Waals surface area contributed by atoms with Gasteiger partial charge in [-0.1, -0.05) is 6.92 Å². The second-order valence-corrected chi connectivity index (χ2v) is 6.13. The highest BCUT2D eigenvalue weighted by molar-refractivity contribution is 5.55. The van der Waals surface area contributed by atoms with E-state index in [0.29, 0.717) is 6.04 Å². The molecule has 0 aliphatic carbocycles. The summed E-state index contributed by atoms with van der Waals surface area (Å²) in [7, 11) is 0. The fraction of sp³-hybridized carbons (Fsp3) is 0.625. The third-order valence-corrected chi connectivity index (χ3v) is 4.03. The van der Waals surface area contributed by atoms with Crippen molar-refractivity contribution >= 4 is 5.69 Å². The molecule has 106 valence electrons. The lowest BCUT2D eigenvalue weighted by Gasteiger charge is -2.39. The van der Waals surface area contributed by atoms with E-state index in [9.17, 15) is 4.39 Å². The molecule has 0 bridgehead atoms. The summed E-state index contributed by atoms with van der Waals surface area (Å²) in [6, 6.07) is 5.69. The number of piperidine rings is 1. The van der Waals surface area contributed by atoms with Gasteiger partial charge in [0.05, 0.1) is 0 Å². The van der Waals surface area contributed by atoms with Crippen molar-refractivity contribution in [1.29, 1.82) is 0 Å². The van der Waals surface area contributed by atoms with Gasteiger partial charge in [0.15, 0.2) is 0 Å². The van der Waals surface area contributed by atoms with Crippen LogP contribution >= 0.6 is 0 Å². The number of nitrogens with zero attached hydrogens (tertiary/aromatic N) is 1. The Morgan fingerprint density at radius 2 is 2.16 bits per heavy atom. The molecule has 0 amide bonds. The molecule has 19 heavy (non-hydrogen) atoms. The molecule has 1 saturated heterocycles. The lowest BCUT2D eigenvalue weighted by atomic mass is 9.92. The van der Waals surface area contributed by atoms with Crippen molar-refractivity contribution < 1.29 is 4.39 Å². The van der Waals surface area contributed by atoms with Crippen LogP contribution in [0.5, 0.6) is 0 Å². The molecule has 3 atom stereocenters. The van der Waals surface area contributed by atoms with Crippen molar-refractivity contribution in [3.63, 3.8) is 0 Å². The summed E-state index contributed by atoms with van der Waals surface area (Å²) in [5, 5.41) is 0. The molecule has 0 radical (unpaired) electrons. The minimum Gasteiger partial charge on any atom is -0.369 e. The number of benzene rings is 1. The highest BCUT2D eigenvalue weighted by atomic mass is 19.1. The SMILES string of the molecule is CC(N)Cc1cc(F)ccc1N1CCC(C)CC1C. The molecule has 0 spiro atoms. The summed E-state index contributed by atoms with van der Waals surface area (Å²) in [6.07, 6.45) is 3.14. The first kappa shape index (κ1) is 14.3. The molecule has 2 rings (SSSR count). The number of rotatable bonds is 3. The zero-order valence-corrected chi connectivity index (χ0v) is 12.2. The Morgan fingerprint density at radius 3 is 2.79 bits per heavy atom. The fourth-order valence-corrected chi connectivity index (χ4v) is 3.11. The van der Waals surface area contributed by atoms with Gasteiger partial charge in [0.2, 0.25) is 0 Å². The first-order chi connectivity index (χ1) is 8.97. The minimum absolute atomic E-state index is 0.0552. The number of halogens is 1. The van der Waals surface area contributed by atoms with E-state index in [0.717, 1.165) is 30.1 Å². The van der Waals surface area contributed by atoms with Gasteiger partial charge < -0.3 is 10.6 Å². The summed E-state index contributed by atoms with van der Waals surface area (Å²) < 4.78 is 13.5. The maximum Gasteiger partial charge on any atom is 0.123 e. The Hall–Kier alpha value is -1.09. The van der Waals surface area contributed by atoms with Gasteiger partial charge in [-0.05, 0) is 62.8 Å². The first-order valence-electron chi connectivity index (χ1n) is 7.28. The molecule has 3 heteroatoms. The number of anilines is 1. The van der Waals surface area contributed by atoms with Crippen LogP contribution in [0.2, 0.25) is 0 Å². The van der Waals surface area contributed by atoms with E-state index in [4.69, 9.17) is 5.73 Å². The molecule has 3 unspecified atom stereocenters. The van der Waals surface area contributed by atoms with Gasteiger partial charge in [0.25, 0.3) is 0 Å². The Bertz CT molecular complexity index is 431. The highest BCUT2D eigenvalue weighted by Crippen LogP contribution is 2.31. The summed E-state index contributed by atoms with van der Waals surface area (Å²) in [4.78, 5) is 2.41. The van der Waals surface area contributed by atoms with Crippen molar-refractivity contribution in [2.45, 2.75) is 52.1 Å². The molecule has 2 nitrogen and oxygen atoms in total. The summed E-state index contributed by atoms with van der Waals surface area (Å²) in [6.45, 7) is 7.59. The molecule has 1 heterocycles. The molecule has 1 aliphatic heterocycles. The Morgan fingerprint density at radius 1 is 1.42 bits per heavy atom. The normalized spacial score (nSPS) is 25.4. The predicted molar refractivity (Wildman–Crippen MR) is 79.0 cm³/mol. The van der Waals surface area contributed by atoms with Crippen molar-refractivity contribution in [3.8, 4) is 0 Å². The van der Waals surface area contributed by atoms with Crippen LogP contribution in [0.3, 0.4) is 0 Å². The van der Waals surface area contributed by atoms with E-state index in [1.807, 2.05) is 13.0 Å². The number of hydrogen-bond acceptors (Lipinski definition) is 2. The second kappa shape index (κ2) is 5.91. The van der Waals surface area contributed by atoms with E-state index in [-0.39, 0.29) is 11.9 Å². The molecule has 0 aromatic heterocycles. The standard InChI is InChI=1S/C16H25FN2/c1-11-6-7-19(13(3)8-11)16-5-4-15(17)10-14(16)9-12(2)18/h4-5,10-13H,6-9,18H2,1-3H3. The van der Waals surface area contributed by atoms with E-state index < -0.39 is 0 Å². The molecular weight excluding hydrogens is 239 g/mol. The van der Waals surface area contributed by atoms with Gasteiger partial charge in [0.1, 0.15) is 5.82 Å². The van der Waals surface area contributed by atoms with Gasteiger partial charge in [-0.3, -0.25) is 0 Å². The van der Waals surface area contributed by atoms with Gasteiger partial charge >= 0.3 is 0 Å². The lowest BCUT2D eigenvalue weighted by Crippen LogP contribution is -2.41. The van der Waals surface area contributed by atoms with Crippen LogP contribution in [0.15, 0.2) is 18.2 Å². The fourth-order valence-electron chi connectivity index (χ4n) is 3.11. The van der Waals surface area contributed by atoms with Crippen molar-refractivity contribution in [2.24, 2.45) is 11.7 Å². The van der Waals surface area contributed by atoms with Crippen LogP contribution < -0.4 is 10.6 Å². The van der Waals surface area contributed by atoms with Crippen LogP contribution in [0.1, 0.15) is 39.2 Å². The average molecular weight is 264 g/mol. The first-order valence-corrected chi connectivity index (χ1v) is 7.28. The minimum atomic E-state index is -0.169. The van der Waals surface area contributed by atoms with Gasteiger partial charge in [-0.15, -0.1) is 0 Å². The average Bonchev–Trinajstić information content (AvgIpc) is 2.30. The smallest absolute Gasteiger partial charge is 0.123 e. The van der Waals surface area contributed by atoms with Gasteiger partial charge in [0, 0.05) is 24.3 Å². The van der Waals surface area contributed by atoms with Gasteiger partial charge in [-0.25, -0.2) is 4.39 Å². The third-order valence-electron chi connectivity index (χ3n) is 4.03. The number of hydrogen-bond donors (Lipinski definition) is 1. The molecule has 1 aromatic rings. The highest BCUT2D eigenvalue weighted by Gasteiger charge is 2.24. The van der Waals surface area contributed by atoms with Crippen LogP contribution in [-0.4, -0.2) is 18.6 Å². The molecule has 1 aliphatic rings. The summed E-state index contributed by atoms with van der Waals surface area (Å²) >= 11 is 0. The van der Waals surface area contributed by atoms with Crippen LogP contribution in [-0.2, 0) is 6.42 Å². The van der Waals surface area contributed by atoms with E-state index >= 15 is 0 Å². The summed E-state index contributed by atoms with van der Waals surface area (Å²) in [5.74, 6) is 0.612. The number of nitrogens with two attached hydrogens (primary N) is 1. The zero-order valence-electron chi connectivity index (χ0n) is 12.2. The van der Waals surface area contributed by atoms with E-state index in [1.165, 1.54) is 12.8 Å². The van der Waals surface area contributed by atoms with Crippen molar-refractivity contribution in [3.05, 3.63) is 29.6 Å². The maximum atomic E-state index is 13.5. The van der Waals surface area contributed by atoms with Crippen molar-refractivity contribution in [1.82, 2.24) is 0 Å². The van der Waals surface area contributed by atoms with E-state index in [2.05, 4.69) is 18.7 Å². The molecule has 0 saturated carbocycles. The van der Waals surface area contributed by atoms with Gasteiger partial charge in [-0.2, -0.15) is 0 Å². The zero-order chi connectivity index (χ0) is 14.0. The third kappa shape index (κ3) is 3.47. The van der Waals surface area contributed by atoms with Crippen molar-refractivity contribution in [2.75, 3.05) is 11.4 Å². The lowest BCUT2D eigenvalue weighted by molar-refractivity contribution is 0.377. The molecular formula is C16H25FN2. The maximum absolute atomic E-state index is 13.5. The quantitative estimate of drug-likeness (QED) is 0.907. The Labute approximate surface area is 115 Å². The van der Waals surface area contributed by atoms with E-state index in [1.54, 1.807) is 12.1 Å². The summed E-state index contributed by atoms with van der Waals surface area (Å²) in [5.41, 5.74) is 8.09. The Kier molecular flexibility index (Phi) is 4.46. The van der Waals surface area contributed by atoms with Crippen LogP contribution in [0.25, 0.3) is 0 Å². The Balaban J connectivity index is 2.27. The van der Waals surface area contributed by atoms with Crippen LogP contribution in [0.4, 0.5) is 10.1 Å². The van der Waals surface area contributed by atoms with Crippen LogP contribution in [0, 0.1) is 11.7 Å². The molecule has 1 fully saturated rings. The predicted octanol–water partition coefficient (Wildman–Crippen LogP) is 3.34. The topological polar surface area (TPSA) is 29.3 Å².